The van der Waals surface area contributed by atoms with Crippen LogP contribution in [0.1, 0.15) is 69.1 Å². The van der Waals surface area contributed by atoms with Gasteiger partial charge in [-0.2, -0.15) is 8.42 Å². The first-order valence-electron chi connectivity index (χ1n) is 19.2. The molecule has 1 saturated heterocycles. The number of amides is 2. The average molecular weight is 892 g/mol. The van der Waals surface area contributed by atoms with Gasteiger partial charge in [-0.05, 0) is 66.8 Å². The number of aliphatic hydroxyl groups excluding tert-OH is 4. The molecule has 19 heteroatoms. The van der Waals surface area contributed by atoms with Gasteiger partial charge in [0.2, 0.25) is 0 Å². The van der Waals surface area contributed by atoms with E-state index in [1.807, 2.05) is 32.8 Å². The third-order valence-electron chi connectivity index (χ3n) is 10.5. The molecule has 7 N–H and O–H groups in total. The molecule has 2 amide bonds. The van der Waals surface area contributed by atoms with E-state index >= 15 is 0 Å². The van der Waals surface area contributed by atoms with Gasteiger partial charge in [0.15, 0.2) is 16.1 Å². The monoisotopic (exact) mass is 891 g/mol. The minimum absolute atomic E-state index is 0. The van der Waals surface area contributed by atoms with E-state index in [1.165, 1.54) is 0 Å². The second kappa shape index (κ2) is 22.9. The number of ether oxygens (including phenoxy) is 2. The Labute approximate surface area is 389 Å². The number of anilines is 2. The van der Waals surface area contributed by atoms with E-state index in [1.54, 1.807) is 79.7 Å². The second-order valence-corrected chi connectivity index (χ2v) is 17.8. The standard InChI is InChI=1S/C38H51N3O12S2.C2H6O.K.H/c1-5-7-18-38(6-2)23-54(46,47)30-17-16-27(41(3)4)20-28(30)31(35(38)44)25-14-11-15-26(19-25)39-37(45)40-36-33(43)34(51-21-24-12-9-8-10-13-24)32(42)29(53-36)22-52-55(48,49)50;1-2-3;;/h8-17,19-20,29,31-36,42-44H,5-7,18,21-23H2,1-4H3,(H2,39,40,45)(H,48,49,50);3H,2H2,1H3;;/t29-,31-,32-,33-,34+,35-,36-,38-;;;/m1.../s1. The van der Waals surface area contributed by atoms with Gasteiger partial charge >= 0.3 is 67.8 Å². The van der Waals surface area contributed by atoms with E-state index in [-0.39, 0.29) is 80.9 Å². The molecule has 324 valence electrons. The van der Waals surface area contributed by atoms with E-state index in [4.69, 9.17) is 19.1 Å². The number of unbranched alkanes of at least 4 members (excludes halogenated alkanes) is 1. The third kappa shape index (κ3) is 13.5. The van der Waals surface area contributed by atoms with E-state index in [0.29, 0.717) is 29.5 Å². The Morgan fingerprint density at radius 2 is 1.66 bits per heavy atom. The van der Waals surface area contributed by atoms with Crippen LogP contribution >= 0.6 is 0 Å². The minimum atomic E-state index is -4.93. The molecule has 0 radical (unpaired) electrons. The number of nitrogens with one attached hydrogen (secondary N) is 2. The molecule has 0 unspecified atom stereocenters. The number of sulfone groups is 1. The van der Waals surface area contributed by atoms with Crippen LogP contribution in [0.3, 0.4) is 0 Å². The van der Waals surface area contributed by atoms with Crippen molar-refractivity contribution in [3.63, 3.8) is 0 Å². The molecule has 0 bridgehead atoms. The molecule has 16 nitrogen and oxygen atoms in total. The summed E-state index contributed by atoms with van der Waals surface area (Å²) in [6.45, 7) is 4.93. The van der Waals surface area contributed by atoms with Gasteiger partial charge in [-0.1, -0.05) is 69.2 Å². The summed E-state index contributed by atoms with van der Waals surface area (Å²) in [6.07, 6.45) is -6.32. The Morgan fingerprint density at radius 3 is 2.27 bits per heavy atom. The van der Waals surface area contributed by atoms with Crippen LogP contribution in [0.25, 0.3) is 0 Å². The Hall–Kier alpha value is -2.05. The van der Waals surface area contributed by atoms with Crippen molar-refractivity contribution >= 4 is 89.0 Å². The molecule has 2 aliphatic heterocycles. The fourth-order valence-electron chi connectivity index (χ4n) is 7.42. The molecule has 59 heavy (non-hydrogen) atoms. The van der Waals surface area contributed by atoms with E-state index in [9.17, 15) is 36.9 Å². The predicted octanol–water partition coefficient (Wildman–Crippen LogP) is 2.94. The van der Waals surface area contributed by atoms with Crippen LogP contribution in [0, 0.1) is 5.41 Å². The van der Waals surface area contributed by atoms with Gasteiger partial charge in [0.1, 0.15) is 24.4 Å². The first kappa shape index (κ1) is 51.3. The molecule has 1 fully saturated rings. The topological polar surface area (TPSA) is 241 Å². The van der Waals surface area contributed by atoms with Crippen LogP contribution in [0.2, 0.25) is 0 Å². The van der Waals surface area contributed by atoms with E-state index in [2.05, 4.69) is 14.8 Å². The Bertz CT molecular complexity index is 2030. The van der Waals surface area contributed by atoms with Crippen LogP contribution in [0.15, 0.2) is 77.7 Å². The van der Waals surface area contributed by atoms with Gasteiger partial charge in [0.25, 0.3) is 0 Å². The molecule has 2 heterocycles. The third-order valence-corrected chi connectivity index (χ3v) is 12.9. The van der Waals surface area contributed by atoms with Crippen LogP contribution in [0.4, 0.5) is 16.2 Å². The normalized spacial score (nSPS) is 26.2. The number of aliphatic hydroxyl groups is 4. The molecule has 3 aromatic carbocycles. The summed E-state index contributed by atoms with van der Waals surface area (Å²) < 4.78 is 75.7. The number of nitrogens with zero attached hydrogens (tertiary/aromatic N) is 1. The van der Waals surface area contributed by atoms with Crippen LogP contribution in [-0.2, 0) is 40.5 Å². The van der Waals surface area contributed by atoms with E-state index in [0.717, 1.165) is 18.5 Å². The Kier molecular flexibility index (Phi) is 19.9. The first-order valence-corrected chi connectivity index (χ1v) is 22.2. The number of carbonyl (C=O) groups is 1. The van der Waals surface area contributed by atoms with Crippen molar-refractivity contribution in [3.8, 4) is 0 Å². The van der Waals surface area contributed by atoms with Crippen LogP contribution < -0.4 is 15.5 Å². The van der Waals surface area contributed by atoms with Crippen LogP contribution in [0.5, 0.6) is 0 Å². The average Bonchev–Trinajstić information content (AvgIpc) is 3.24. The summed E-state index contributed by atoms with van der Waals surface area (Å²) in [5.41, 5.74) is 1.78. The molecule has 0 spiro atoms. The Morgan fingerprint density at radius 1 is 0.983 bits per heavy atom. The first-order chi connectivity index (χ1) is 27.4. The maximum absolute atomic E-state index is 14.0. The summed E-state index contributed by atoms with van der Waals surface area (Å²) >= 11 is 0. The number of hydrogen-bond acceptors (Lipinski definition) is 13. The number of urea groups is 1. The SMILES string of the molecule is CCCC[C@]1(CC)CS(=O)(=O)c2ccc(N(C)C)cc2[C@@H](c2cccc(NC(=O)N[C@@H]3O[C@H](COS(=O)(=O)O)[C@@H](O)[C@H](OCc4ccccc4)[C@H]3O)c2)[C@H]1O.CCO.[KH]. The van der Waals surface area contributed by atoms with Crippen molar-refractivity contribution in [2.75, 3.05) is 43.3 Å². The number of hydrogen-bond donors (Lipinski definition) is 7. The number of benzene rings is 3. The quantitative estimate of drug-likeness (QED) is 0.0910. The number of carbonyl (C=O) groups excluding carboxylic acids is 1. The summed E-state index contributed by atoms with van der Waals surface area (Å²) in [6, 6.07) is 19.8. The molecule has 0 aliphatic carbocycles. The summed E-state index contributed by atoms with van der Waals surface area (Å²) in [5, 5.41) is 47.2. The van der Waals surface area contributed by atoms with Gasteiger partial charge in [-0.3, -0.25) is 4.55 Å². The van der Waals surface area contributed by atoms with E-state index < -0.39 is 81.0 Å². The molecule has 3 aromatic rings. The second-order valence-electron chi connectivity index (χ2n) is 14.7. The fraction of sp³-hybridized carbons (Fsp3) is 0.525. The fourth-order valence-corrected chi connectivity index (χ4v) is 9.98. The zero-order valence-electron chi connectivity index (χ0n) is 33.4. The zero-order chi connectivity index (χ0) is 42.8. The van der Waals surface area contributed by atoms with Gasteiger partial charge in [0.05, 0.1) is 30.0 Å². The van der Waals surface area contributed by atoms with Crippen molar-refractivity contribution in [1.29, 1.82) is 0 Å². The summed E-state index contributed by atoms with van der Waals surface area (Å²) in [7, 11) is -5.07. The van der Waals surface area contributed by atoms with Gasteiger partial charge in [-0.25, -0.2) is 17.4 Å². The molecule has 8 atom stereocenters. The van der Waals surface area contributed by atoms with Crippen molar-refractivity contribution in [2.24, 2.45) is 5.41 Å². The zero-order valence-corrected chi connectivity index (χ0v) is 35.0. The van der Waals surface area contributed by atoms with Gasteiger partial charge in [-0.15, -0.1) is 0 Å². The molecular formula is C40H58KN3O13S2. The Balaban J connectivity index is 0.00000225. The van der Waals surface area contributed by atoms with Crippen molar-refractivity contribution < 1.29 is 60.3 Å². The number of rotatable bonds is 14. The van der Waals surface area contributed by atoms with Gasteiger partial charge in [0, 0.05) is 43.4 Å². The summed E-state index contributed by atoms with van der Waals surface area (Å²) in [5.74, 6) is -1.00. The maximum atomic E-state index is 14.0. The molecule has 0 aromatic heterocycles. The van der Waals surface area contributed by atoms with Crippen molar-refractivity contribution in [3.05, 3.63) is 89.5 Å². The molecule has 5 rings (SSSR count). The number of fused-ring (bicyclic) bond motifs is 1. The molecule has 2 aliphatic rings. The molecular weight excluding hydrogens is 834 g/mol. The van der Waals surface area contributed by atoms with Crippen molar-refractivity contribution in [1.82, 2.24) is 5.32 Å². The molecule has 0 saturated carbocycles. The van der Waals surface area contributed by atoms with Crippen molar-refractivity contribution in [2.45, 2.75) is 101 Å². The van der Waals surface area contributed by atoms with Gasteiger partial charge < -0.3 is 45.4 Å². The summed E-state index contributed by atoms with van der Waals surface area (Å²) in [4.78, 5) is 15.5. The van der Waals surface area contributed by atoms with Crippen LogP contribution in [-0.4, -0.2) is 169 Å². The predicted molar refractivity (Wildman–Crippen MR) is 225 cm³/mol.